The average Bonchev–Trinajstić information content (AvgIpc) is 3.27. The molecule has 7 nitrogen and oxygen atoms in total. The maximum Gasteiger partial charge on any atom is 0.234 e. The molecule has 0 saturated heterocycles. The Morgan fingerprint density at radius 3 is 2.51 bits per heavy atom. The Kier molecular flexibility index (Phi) is 8.41. The number of benzene rings is 3. The molecule has 0 saturated carbocycles. The van der Waals surface area contributed by atoms with Crippen molar-refractivity contribution in [3.63, 3.8) is 0 Å². The number of amides is 1. The molecular formula is C24H20Cl3N5O2S. The molecule has 3 aromatic carbocycles. The third kappa shape index (κ3) is 6.61. The van der Waals surface area contributed by atoms with Crippen LogP contribution in [0.1, 0.15) is 5.82 Å². The van der Waals surface area contributed by atoms with Crippen LogP contribution in [0.5, 0.6) is 5.75 Å². The maximum absolute atomic E-state index is 12.6. The van der Waals surface area contributed by atoms with Gasteiger partial charge in [0.15, 0.2) is 11.0 Å². The number of carbonyl (C=O) groups excluding carboxylic acids is 1. The van der Waals surface area contributed by atoms with Gasteiger partial charge in [-0.05, 0) is 60.7 Å². The first-order chi connectivity index (χ1) is 16.9. The molecule has 0 aliphatic rings. The summed E-state index contributed by atoms with van der Waals surface area (Å²) >= 11 is 19.6. The summed E-state index contributed by atoms with van der Waals surface area (Å²) in [5, 5.41) is 16.8. The number of thioether (sulfide) groups is 1. The van der Waals surface area contributed by atoms with E-state index in [1.165, 1.54) is 11.8 Å². The van der Waals surface area contributed by atoms with Crippen LogP contribution in [0.3, 0.4) is 0 Å². The van der Waals surface area contributed by atoms with E-state index in [9.17, 15) is 4.79 Å². The van der Waals surface area contributed by atoms with Crippen molar-refractivity contribution in [1.82, 2.24) is 14.8 Å². The average molecular weight is 549 g/mol. The van der Waals surface area contributed by atoms with E-state index < -0.39 is 0 Å². The van der Waals surface area contributed by atoms with Gasteiger partial charge in [-0.3, -0.25) is 9.36 Å². The topological polar surface area (TPSA) is 81.1 Å². The Morgan fingerprint density at radius 1 is 1.00 bits per heavy atom. The highest BCUT2D eigenvalue weighted by molar-refractivity contribution is 7.99. The molecule has 35 heavy (non-hydrogen) atoms. The number of ether oxygens (including phenoxy) is 1. The zero-order chi connectivity index (χ0) is 24.8. The van der Waals surface area contributed by atoms with Gasteiger partial charge in [0.1, 0.15) is 5.75 Å². The highest BCUT2D eigenvalue weighted by atomic mass is 35.5. The lowest BCUT2D eigenvalue weighted by Crippen LogP contribution is -2.15. The molecule has 0 aliphatic heterocycles. The lowest BCUT2D eigenvalue weighted by atomic mass is 10.3. The van der Waals surface area contributed by atoms with Crippen LogP contribution < -0.4 is 15.4 Å². The second-order valence-corrected chi connectivity index (χ2v) is 9.48. The number of hydrogen-bond acceptors (Lipinski definition) is 6. The zero-order valence-corrected chi connectivity index (χ0v) is 21.5. The summed E-state index contributed by atoms with van der Waals surface area (Å²) in [6.07, 6.45) is 0. The van der Waals surface area contributed by atoms with Gasteiger partial charge in [-0.1, -0.05) is 52.6 Å². The minimum atomic E-state index is -0.252. The van der Waals surface area contributed by atoms with Crippen molar-refractivity contribution in [2.45, 2.75) is 11.7 Å². The molecule has 4 aromatic rings. The monoisotopic (exact) mass is 547 g/mol. The predicted octanol–water partition coefficient (Wildman–Crippen LogP) is 6.58. The fraction of sp³-hybridized carbons (Fsp3) is 0.125. The molecule has 1 heterocycles. The minimum absolute atomic E-state index is 0.0907. The molecule has 1 aromatic heterocycles. The second kappa shape index (κ2) is 11.7. The van der Waals surface area contributed by atoms with Gasteiger partial charge in [-0.2, -0.15) is 0 Å². The fourth-order valence-corrected chi connectivity index (χ4v) is 4.47. The van der Waals surface area contributed by atoms with E-state index in [0.29, 0.717) is 38.3 Å². The Bertz CT molecular complexity index is 1330. The largest absolute Gasteiger partial charge is 0.497 e. The van der Waals surface area contributed by atoms with Crippen LogP contribution in [-0.2, 0) is 11.3 Å². The van der Waals surface area contributed by atoms with E-state index in [2.05, 4.69) is 20.8 Å². The third-order valence-electron chi connectivity index (χ3n) is 4.84. The van der Waals surface area contributed by atoms with Crippen molar-refractivity contribution in [2.24, 2.45) is 0 Å². The fourth-order valence-electron chi connectivity index (χ4n) is 3.18. The van der Waals surface area contributed by atoms with Gasteiger partial charge in [0.05, 0.1) is 35.8 Å². The first-order valence-corrected chi connectivity index (χ1v) is 12.5. The molecule has 180 valence electrons. The van der Waals surface area contributed by atoms with Crippen molar-refractivity contribution in [1.29, 1.82) is 0 Å². The van der Waals surface area contributed by atoms with Crippen LogP contribution in [0.25, 0.3) is 5.69 Å². The Morgan fingerprint density at radius 2 is 1.77 bits per heavy atom. The number of anilines is 2. The summed E-state index contributed by atoms with van der Waals surface area (Å²) < 4.78 is 7.07. The Hall–Kier alpha value is -2.91. The van der Waals surface area contributed by atoms with Gasteiger partial charge in [-0.15, -0.1) is 10.2 Å². The molecule has 1 amide bonds. The molecule has 0 fully saturated rings. The van der Waals surface area contributed by atoms with Crippen molar-refractivity contribution in [3.05, 3.63) is 87.6 Å². The molecule has 0 spiro atoms. The quantitative estimate of drug-likeness (QED) is 0.230. The molecule has 0 bridgehead atoms. The minimum Gasteiger partial charge on any atom is -0.497 e. The number of nitrogens with one attached hydrogen (secondary N) is 2. The zero-order valence-electron chi connectivity index (χ0n) is 18.5. The molecule has 0 unspecified atom stereocenters. The second-order valence-electron chi connectivity index (χ2n) is 7.26. The van der Waals surface area contributed by atoms with E-state index in [4.69, 9.17) is 39.5 Å². The van der Waals surface area contributed by atoms with Crippen LogP contribution >= 0.6 is 46.6 Å². The third-order valence-corrected chi connectivity index (χ3v) is 6.57. The lowest BCUT2D eigenvalue weighted by Gasteiger charge is -2.12. The number of nitrogens with zero attached hydrogens (tertiary/aromatic N) is 3. The number of halogens is 3. The van der Waals surface area contributed by atoms with Crippen molar-refractivity contribution in [2.75, 3.05) is 23.5 Å². The lowest BCUT2D eigenvalue weighted by molar-refractivity contribution is -0.113. The van der Waals surface area contributed by atoms with Crippen molar-refractivity contribution in [3.8, 4) is 11.4 Å². The predicted molar refractivity (Wildman–Crippen MR) is 143 cm³/mol. The van der Waals surface area contributed by atoms with Gasteiger partial charge < -0.3 is 15.4 Å². The smallest absolute Gasteiger partial charge is 0.234 e. The van der Waals surface area contributed by atoms with Gasteiger partial charge >= 0.3 is 0 Å². The van der Waals surface area contributed by atoms with Crippen LogP contribution in [0.2, 0.25) is 15.1 Å². The number of rotatable bonds is 9. The summed E-state index contributed by atoms with van der Waals surface area (Å²) in [7, 11) is 1.62. The SMILES string of the molecule is COc1ccc(NCc2nnc(SCC(=O)Nc3cc(Cl)ccc3Cl)n2-c2cccc(Cl)c2)cc1. The normalized spacial score (nSPS) is 10.7. The van der Waals surface area contributed by atoms with E-state index in [-0.39, 0.29) is 11.7 Å². The van der Waals surface area contributed by atoms with Crippen LogP contribution in [0, 0.1) is 0 Å². The van der Waals surface area contributed by atoms with Gasteiger partial charge in [-0.25, -0.2) is 0 Å². The first kappa shape index (κ1) is 25.2. The van der Waals surface area contributed by atoms with E-state index >= 15 is 0 Å². The number of aromatic nitrogens is 3. The van der Waals surface area contributed by atoms with Crippen molar-refractivity contribution < 1.29 is 9.53 Å². The summed E-state index contributed by atoms with van der Waals surface area (Å²) in [5.74, 6) is 1.27. The van der Waals surface area contributed by atoms with E-state index in [0.717, 1.165) is 17.1 Å². The van der Waals surface area contributed by atoms with Gasteiger partial charge in [0.2, 0.25) is 5.91 Å². The van der Waals surface area contributed by atoms with Crippen LogP contribution in [0.15, 0.2) is 71.9 Å². The van der Waals surface area contributed by atoms with Crippen LogP contribution in [0.4, 0.5) is 11.4 Å². The molecule has 0 aliphatic carbocycles. The summed E-state index contributed by atoms with van der Waals surface area (Å²) in [6, 6.07) is 19.8. The van der Waals surface area contributed by atoms with E-state index in [1.54, 1.807) is 31.4 Å². The first-order valence-electron chi connectivity index (χ1n) is 10.4. The van der Waals surface area contributed by atoms with Crippen molar-refractivity contribution >= 4 is 63.8 Å². The standard InChI is InChI=1S/C24H20Cl3N5O2S/c1-34-19-8-6-17(7-9-19)28-13-22-30-31-24(32(22)18-4-2-3-15(25)11-18)35-14-23(33)29-21-12-16(26)5-10-20(21)27/h2-12,28H,13-14H2,1H3,(H,29,33). The van der Waals surface area contributed by atoms with E-state index in [1.807, 2.05) is 47.0 Å². The molecule has 0 radical (unpaired) electrons. The number of methoxy groups -OCH3 is 1. The molecule has 4 rings (SSSR count). The van der Waals surface area contributed by atoms with Crippen LogP contribution in [-0.4, -0.2) is 33.5 Å². The molecule has 11 heteroatoms. The Balaban J connectivity index is 1.51. The summed E-state index contributed by atoms with van der Waals surface area (Å²) in [4.78, 5) is 12.6. The highest BCUT2D eigenvalue weighted by Gasteiger charge is 2.17. The van der Waals surface area contributed by atoms with Gasteiger partial charge in [0, 0.05) is 15.7 Å². The maximum atomic E-state index is 12.6. The Labute approximate surface area is 221 Å². The number of hydrogen-bond donors (Lipinski definition) is 2. The molecular weight excluding hydrogens is 529 g/mol. The summed E-state index contributed by atoms with van der Waals surface area (Å²) in [5.41, 5.74) is 2.14. The molecule has 0 atom stereocenters. The molecule has 2 N–H and O–H groups in total. The summed E-state index contributed by atoms with van der Waals surface area (Å²) in [6.45, 7) is 0.400. The van der Waals surface area contributed by atoms with Gasteiger partial charge in [0.25, 0.3) is 0 Å². The number of carbonyl (C=O) groups is 1. The highest BCUT2D eigenvalue weighted by Crippen LogP contribution is 2.27.